The van der Waals surface area contributed by atoms with Crippen LogP contribution in [0.25, 0.3) is 55.0 Å². The molecule has 2 aromatic heterocycles. The molecule has 11 aromatic rings. The summed E-state index contributed by atoms with van der Waals surface area (Å²) in [5, 5.41) is 4.79. The number of fused-ring (bicyclic) bond motifs is 14. The van der Waals surface area contributed by atoms with E-state index in [2.05, 4.69) is 226 Å². The molecule has 4 heteroatoms. The highest BCUT2D eigenvalue weighted by atomic mass is 16.5. The number of para-hydroxylation sites is 7. The van der Waals surface area contributed by atoms with Crippen LogP contribution in [0, 0.1) is 0 Å². The van der Waals surface area contributed by atoms with Crippen molar-refractivity contribution in [3.63, 3.8) is 0 Å². The monoisotopic (exact) mass is 753 g/mol. The highest BCUT2D eigenvalue weighted by Crippen LogP contribution is 2.63. The van der Waals surface area contributed by atoms with Crippen LogP contribution in [0.15, 0.2) is 212 Å². The molecule has 13 rings (SSSR count). The van der Waals surface area contributed by atoms with Gasteiger partial charge in [-0.05, 0) is 96.1 Å². The fraction of sp³-hybridized carbons (Fsp3) is 0.0182. The number of nitrogens with zero attached hydrogens (tertiary/aromatic N) is 3. The van der Waals surface area contributed by atoms with E-state index < -0.39 is 5.41 Å². The first-order valence-corrected chi connectivity index (χ1v) is 20.3. The van der Waals surface area contributed by atoms with Gasteiger partial charge in [-0.15, -0.1) is 0 Å². The third-order valence-corrected chi connectivity index (χ3v) is 12.7. The summed E-state index contributed by atoms with van der Waals surface area (Å²) in [5.41, 5.74) is 14.4. The molecule has 0 saturated heterocycles. The lowest BCUT2D eigenvalue weighted by Gasteiger charge is -2.48. The Balaban J connectivity index is 1.13. The molecule has 276 valence electrons. The molecule has 0 N–H and O–H groups in total. The Morgan fingerprint density at radius 3 is 1.49 bits per heavy atom. The van der Waals surface area contributed by atoms with E-state index in [1.807, 2.05) is 0 Å². The molecule has 0 aliphatic carbocycles. The number of hydrogen-bond donors (Lipinski definition) is 0. The van der Waals surface area contributed by atoms with Crippen LogP contribution >= 0.6 is 0 Å². The summed E-state index contributed by atoms with van der Waals surface area (Å²) in [6, 6.07) is 77.2. The van der Waals surface area contributed by atoms with Crippen LogP contribution in [-0.4, -0.2) is 9.13 Å². The lowest BCUT2D eigenvalue weighted by molar-refractivity contribution is 0.435. The van der Waals surface area contributed by atoms with Crippen molar-refractivity contribution in [1.29, 1.82) is 0 Å². The SMILES string of the molecule is c1ccc(N2c3ccccc3C3(c4ccccc4Oc4cc5c6ccccc6n(-c6ccc7c(c6)c6ccccc6n7-c6ccccc6)c5cc43)c3ccccc32)cc1. The Hall–Kier alpha value is -7.82. The van der Waals surface area contributed by atoms with Crippen LogP contribution in [0.2, 0.25) is 0 Å². The number of hydrogen-bond acceptors (Lipinski definition) is 2. The second-order valence-electron chi connectivity index (χ2n) is 15.7. The average molecular weight is 754 g/mol. The summed E-state index contributed by atoms with van der Waals surface area (Å²) in [6.07, 6.45) is 0. The summed E-state index contributed by atoms with van der Waals surface area (Å²) >= 11 is 0. The van der Waals surface area contributed by atoms with Crippen molar-refractivity contribution in [3.8, 4) is 22.9 Å². The summed E-state index contributed by atoms with van der Waals surface area (Å²) in [6.45, 7) is 0. The van der Waals surface area contributed by atoms with Gasteiger partial charge in [-0.2, -0.15) is 0 Å². The summed E-state index contributed by atoms with van der Waals surface area (Å²) in [5.74, 6) is 1.75. The largest absolute Gasteiger partial charge is 0.457 e. The molecular weight excluding hydrogens is 719 g/mol. The maximum atomic E-state index is 7.04. The van der Waals surface area contributed by atoms with Crippen molar-refractivity contribution in [2.45, 2.75) is 5.41 Å². The lowest BCUT2D eigenvalue weighted by atomic mass is 9.61. The van der Waals surface area contributed by atoms with Crippen molar-refractivity contribution < 1.29 is 4.74 Å². The predicted octanol–water partition coefficient (Wildman–Crippen LogP) is 14.2. The minimum Gasteiger partial charge on any atom is -0.457 e. The first kappa shape index (κ1) is 32.3. The summed E-state index contributed by atoms with van der Waals surface area (Å²) in [7, 11) is 0. The fourth-order valence-electron chi connectivity index (χ4n) is 10.4. The van der Waals surface area contributed by atoms with Crippen LogP contribution < -0.4 is 9.64 Å². The van der Waals surface area contributed by atoms with E-state index in [1.165, 1.54) is 38.3 Å². The van der Waals surface area contributed by atoms with Crippen LogP contribution in [0.4, 0.5) is 17.1 Å². The Morgan fingerprint density at radius 2 is 0.814 bits per heavy atom. The van der Waals surface area contributed by atoms with E-state index in [0.29, 0.717) is 0 Å². The van der Waals surface area contributed by atoms with E-state index >= 15 is 0 Å². The van der Waals surface area contributed by atoms with Gasteiger partial charge in [0.15, 0.2) is 0 Å². The number of aromatic nitrogens is 2. The zero-order valence-electron chi connectivity index (χ0n) is 32.0. The first-order chi connectivity index (χ1) is 29.3. The third-order valence-electron chi connectivity index (χ3n) is 12.7. The van der Waals surface area contributed by atoms with Gasteiger partial charge >= 0.3 is 0 Å². The maximum Gasteiger partial charge on any atom is 0.133 e. The van der Waals surface area contributed by atoms with Gasteiger partial charge in [0, 0.05) is 49.7 Å². The van der Waals surface area contributed by atoms with Crippen LogP contribution in [0.3, 0.4) is 0 Å². The third kappa shape index (κ3) is 4.32. The molecule has 4 nitrogen and oxygen atoms in total. The summed E-state index contributed by atoms with van der Waals surface area (Å²) in [4.78, 5) is 2.42. The molecule has 0 amide bonds. The lowest BCUT2D eigenvalue weighted by Crippen LogP contribution is -2.39. The van der Waals surface area contributed by atoms with E-state index in [9.17, 15) is 0 Å². The van der Waals surface area contributed by atoms with Gasteiger partial charge in [0.2, 0.25) is 0 Å². The Kier molecular flexibility index (Phi) is 6.62. The van der Waals surface area contributed by atoms with Gasteiger partial charge in [0.1, 0.15) is 11.5 Å². The number of benzene rings is 9. The second-order valence-corrected chi connectivity index (χ2v) is 15.7. The number of anilines is 3. The minimum absolute atomic E-state index is 0.675. The second kappa shape index (κ2) is 12.1. The van der Waals surface area contributed by atoms with Gasteiger partial charge < -0.3 is 18.8 Å². The molecule has 2 aliphatic heterocycles. The molecule has 4 heterocycles. The van der Waals surface area contributed by atoms with Gasteiger partial charge in [0.05, 0.1) is 38.9 Å². The highest BCUT2D eigenvalue weighted by molar-refractivity contribution is 6.13. The predicted molar refractivity (Wildman–Crippen MR) is 242 cm³/mol. The molecule has 0 saturated carbocycles. The molecule has 9 aromatic carbocycles. The zero-order valence-corrected chi connectivity index (χ0v) is 32.0. The van der Waals surface area contributed by atoms with Crippen molar-refractivity contribution in [1.82, 2.24) is 9.13 Å². The summed E-state index contributed by atoms with van der Waals surface area (Å²) < 4.78 is 11.9. The molecule has 0 bridgehead atoms. The number of rotatable bonds is 3. The molecule has 0 atom stereocenters. The van der Waals surface area contributed by atoms with Gasteiger partial charge in [-0.1, -0.05) is 127 Å². The Labute approximate surface area is 341 Å². The molecule has 0 fully saturated rings. The van der Waals surface area contributed by atoms with Crippen LogP contribution in [-0.2, 0) is 5.41 Å². The van der Waals surface area contributed by atoms with Gasteiger partial charge in [-0.25, -0.2) is 0 Å². The van der Waals surface area contributed by atoms with E-state index in [4.69, 9.17) is 4.74 Å². The highest BCUT2D eigenvalue weighted by Gasteiger charge is 2.51. The van der Waals surface area contributed by atoms with Gasteiger partial charge in [-0.3, -0.25) is 0 Å². The zero-order chi connectivity index (χ0) is 38.7. The Bertz CT molecular complexity index is 3440. The molecule has 2 aliphatic rings. The quantitative estimate of drug-likeness (QED) is 0.179. The first-order valence-electron chi connectivity index (χ1n) is 20.3. The smallest absolute Gasteiger partial charge is 0.133 e. The normalized spacial score (nSPS) is 13.7. The van der Waals surface area contributed by atoms with Gasteiger partial charge in [0.25, 0.3) is 0 Å². The van der Waals surface area contributed by atoms with E-state index in [0.717, 1.165) is 67.5 Å². The van der Waals surface area contributed by atoms with Crippen LogP contribution in [0.5, 0.6) is 11.5 Å². The molecule has 59 heavy (non-hydrogen) atoms. The minimum atomic E-state index is -0.675. The van der Waals surface area contributed by atoms with Crippen molar-refractivity contribution >= 4 is 60.7 Å². The van der Waals surface area contributed by atoms with E-state index in [1.54, 1.807) is 0 Å². The standard InChI is InChI=1S/C55H35N3O/c1-3-17-36(18-4-1)56-47-26-12-7-21-39(47)41-33-38(31-32-49(41)56)58-48-27-13-8-22-40(48)42-34-54-46(35-52(42)58)55(45-25-11-16-30-53(45)59-54)43-23-9-14-28-50(43)57(37-19-5-2-6-20-37)51-29-15-10-24-44(51)55/h1-35H. The van der Waals surface area contributed by atoms with Crippen molar-refractivity contribution in [2.75, 3.05) is 4.90 Å². The average Bonchev–Trinajstić information content (AvgIpc) is 3.81. The van der Waals surface area contributed by atoms with Crippen molar-refractivity contribution in [3.05, 3.63) is 235 Å². The molecular formula is C55H35N3O. The van der Waals surface area contributed by atoms with Crippen LogP contribution in [0.1, 0.15) is 22.3 Å². The molecule has 0 radical (unpaired) electrons. The van der Waals surface area contributed by atoms with Crippen molar-refractivity contribution in [2.24, 2.45) is 0 Å². The maximum absolute atomic E-state index is 7.04. The molecule has 0 unspecified atom stereocenters. The molecule has 1 spiro atoms. The number of ether oxygens (including phenoxy) is 1. The topological polar surface area (TPSA) is 22.3 Å². The fourth-order valence-corrected chi connectivity index (χ4v) is 10.4. The van der Waals surface area contributed by atoms with E-state index in [-0.39, 0.29) is 0 Å². The Morgan fingerprint density at radius 1 is 0.305 bits per heavy atom.